The standard InChI is InChI=1S/C17H22N2O/c1-3-17(20)16-11-10-15(12-18-16)19(4-2)13-14-8-6-5-7-9-14/h5-12,17,20H,3-4,13H2,1-2H3/t17-/m0/s1. The van der Waals surface area contributed by atoms with Crippen molar-refractivity contribution in [3.05, 3.63) is 59.9 Å². The lowest BCUT2D eigenvalue weighted by molar-refractivity contribution is 0.169. The third-order valence-electron chi connectivity index (χ3n) is 3.46. The van der Waals surface area contributed by atoms with Gasteiger partial charge in [-0.3, -0.25) is 4.98 Å². The molecule has 0 unspecified atom stereocenters. The highest BCUT2D eigenvalue weighted by Crippen LogP contribution is 2.19. The number of pyridine rings is 1. The van der Waals surface area contributed by atoms with Gasteiger partial charge in [-0.1, -0.05) is 37.3 Å². The molecule has 1 aromatic carbocycles. The molecule has 0 aliphatic carbocycles. The van der Waals surface area contributed by atoms with Crippen LogP contribution in [-0.4, -0.2) is 16.6 Å². The zero-order valence-corrected chi connectivity index (χ0v) is 12.2. The van der Waals surface area contributed by atoms with Crippen molar-refractivity contribution in [1.29, 1.82) is 0 Å². The fourth-order valence-electron chi connectivity index (χ4n) is 2.18. The Bertz CT molecular complexity index is 510. The second kappa shape index (κ2) is 7.06. The number of hydrogen-bond acceptors (Lipinski definition) is 3. The lowest BCUT2D eigenvalue weighted by atomic mass is 10.1. The molecule has 0 saturated carbocycles. The Kier molecular flexibility index (Phi) is 5.13. The summed E-state index contributed by atoms with van der Waals surface area (Å²) in [6.45, 7) is 5.88. The van der Waals surface area contributed by atoms with Gasteiger partial charge in [-0.15, -0.1) is 0 Å². The topological polar surface area (TPSA) is 36.4 Å². The number of benzene rings is 1. The van der Waals surface area contributed by atoms with E-state index in [1.54, 1.807) is 0 Å². The van der Waals surface area contributed by atoms with Crippen LogP contribution in [0.5, 0.6) is 0 Å². The van der Waals surface area contributed by atoms with E-state index in [0.29, 0.717) is 6.42 Å². The Morgan fingerprint density at radius 1 is 1.10 bits per heavy atom. The average Bonchev–Trinajstić information content (AvgIpc) is 2.53. The van der Waals surface area contributed by atoms with Crippen molar-refractivity contribution in [2.75, 3.05) is 11.4 Å². The summed E-state index contributed by atoms with van der Waals surface area (Å²) >= 11 is 0. The molecule has 2 rings (SSSR count). The minimum absolute atomic E-state index is 0.465. The van der Waals surface area contributed by atoms with Gasteiger partial charge in [-0.2, -0.15) is 0 Å². The van der Waals surface area contributed by atoms with Crippen molar-refractivity contribution < 1.29 is 5.11 Å². The normalized spacial score (nSPS) is 12.2. The lowest BCUT2D eigenvalue weighted by Crippen LogP contribution is -2.22. The molecule has 0 spiro atoms. The second-order valence-electron chi connectivity index (χ2n) is 4.87. The molecule has 0 aliphatic heterocycles. The van der Waals surface area contributed by atoms with Gasteiger partial charge in [0, 0.05) is 13.1 Å². The van der Waals surface area contributed by atoms with E-state index < -0.39 is 6.10 Å². The van der Waals surface area contributed by atoms with E-state index in [9.17, 15) is 5.11 Å². The predicted octanol–water partition coefficient (Wildman–Crippen LogP) is 3.55. The molecule has 1 heterocycles. The first-order valence-electron chi connectivity index (χ1n) is 7.17. The minimum atomic E-state index is -0.465. The number of aliphatic hydroxyl groups excluding tert-OH is 1. The van der Waals surface area contributed by atoms with Crippen LogP contribution in [0.1, 0.15) is 37.6 Å². The summed E-state index contributed by atoms with van der Waals surface area (Å²) < 4.78 is 0. The fraction of sp³-hybridized carbons (Fsp3) is 0.353. The van der Waals surface area contributed by atoms with E-state index in [2.05, 4.69) is 41.1 Å². The van der Waals surface area contributed by atoms with E-state index in [0.717, 1.165) is 24.5 Å². The summed E-state index contributed by atoms with van der Waals surface area (Å²) in [5, 5.41) is 9.78. The Morgan fingerprint density at radius 2 is 1.85 bits per heavy atom. The highest BCUT2D eigenvalue weighted by atomic mass is 16.3. The first kappa shape index (κ1) is 14.5. The van der Waals surface area contributed by atoms with Crippen LogP contribution < -0.4 is 4.90 Å². The zero-order valence-electron chi connectivity index (χ0n) is 12.2. The molecule has 0 radical (unpaired) electrons. The molecular formula is C17H22N2O. The molecule has 3 nitrogen and oxygen atoms in total. The van der Waals surface area contributed by atoms with Crippen LogP contribution in [0.15, 0.2) is 48.7 Å². The molecule has 3 heteroatoms. The second-order valence-corrected chi connectivity index (χ2v) is 4.87. The van der Waals surface area contributed by atoms with E-state index in [4.69, 9.17) is 0 Å². The van der Waals surface area contributed by atoms with Gasteiger partial charge in [-0.25, -0.2) is 0 Å². The van der Waals surface area contributed by atoms with Crippen LogP contribution in [0.3, 0.4) is 0 Å². The molecule has 0 bridgehead atoms. The SMILES string of the molecule is CC[C@H](O)c1ccc(N(CC)Cc2ccccc2)cn1. The Labute approximate surface area is 120 Å². The smallest absolute Gasteiger partial charge is 0.0957 e. The molecule has 1 N–H and O–H groups in total. The average molecular weight is 270 g/mol. The van der Waals surface area contributed by atoms with Gasteiger partial charge in [0.25, 0.3) is 0 Å². The molecule has 0 aliphatic rings. The number of rotatable bonds is 6. The molecule has 0 fully saturated rings. The van der Waals surface area contributed by atoms with Crippen molar-refractivity contribution in [2.24, 2.45) is 0 Å². The van der Waals surface area contributed by atoms with Crippen molar-refractivity contribution in [2.45, 2.75) is 32.9 Å². The zero-order chi connectivity index (χ0) is 14.4. The van der Waals surface area contributed by atoms with Crippen LogP contribution in [-0.2, 0) is 6.54 Å². The maximum atomic E-state index is 9.78. The molecule has 2 aromatic rings. The predicted molar refractivity (Wildman–Crippen MR) is 82.7 cm³/mol. The third-order valence-corrected chi connectivity index (χ3v) is 3.46. The summed E-state index contributed by atoms with van der Waals surface area (Å²) in [6.07, 6.45) is 2.07. The van der Waals surface area contributed by atoms with Crippen molar-refractivity contribution >= 4 is 5.69 Å². The minimum Gasteiger partial charge on any atom is -0.387 e. The Morgan fingerprint density at radius 3 is 2.40 bits per heavy atom. The summed E-state index contributed by atoms with van der Waals surface area (Å²) in [5.41, 5.74) is 3.11. The molecule has 0 saturated heterocycles. The summed E-state index contributed by atoms with van der Waals surface area (Å²) in [5.74, 6) is 0. The van der Waals surface area contributed by atoms with Gasteiger partial charge in [0.2, 0.25) is 0 Å². The number of nitrogens with zero attached hydrogens (tertiary/aromatic N) is 2. The Hall–Kier alpha value is -1.87. The lowest BCUT2D eigenvalue weighted by Gasteiger charge is -2.23. The van der Waals surface area contributed by atoms with Gasteiger partial charge in [0.05, 0.1) is 23.7 Å². The summed E-state index contributed by atoms with van der Waals surface area (Å²) in [7, 11) is 0. The van der Waals surface area contributed by atoms with Gasteiger partial charge in [0.15, 0.2) is 0 Å². The van der Waals surface area contributed by atoms with Crippen LogP contribution >= 0.6 is 0 Å². The van der Waals surface area contributed by atoms with Crippen LogP contribution in [0.2, 0.25) is 0 Å². The first-order valence-corrected chi connectivity index (χ1v) is 7.17. The Balaban J connectivity index is 2.11. The fourth-order valence-corrected chi connectivity index (χ4v) is 2.18. The number of aromatic nitrogens is 1. The first-order chi connectivity index (χ1) is 9.74. The molecule has 106 valence electrons. The molecule has 1 aromatic heterocycles. The highest BCUT2D eigenvalue weighted by Gasteiger charge is 2.09. The number of aliphatic hydroxyl groups is 1. The van der Waals surface area contributed by atoms with Crippen molar-refractivity contribution in [3.8, 4) is 0 Å². The van der Waals surface area contributed by atoms with Crippen LogP contribution in [0, 0.1) is 0 Å². The van der Waals surface area contributed by atoms with Crippen LogP contribution in [0.25, 0.3) is 0 Å². The van der Waals surface area contributed by atoms with E-state index in [1.807, 2.05) is 31.3 Å². The largest absolute Gasteiger partial charge is 0.387 e. The molecule has 1 atom stereocenters. The van der Waals surface area contributed by atoms with E-state index in [-0.39, 0.29) is 0 Å². The maximum absolute atomic E-state index is 9.78. The number of hydrogen-bond donors (Lipinski definition) is 1. The van der Waals surface area contributed by atoms with Crippen molar-refractivity contribution in [1.82, 2.24) is 4.98 Å². The van der Waals surface area contributed by atoms with Gasteiger partial charge < -0.3 is 10.0 Å². The van der Waals surface area contributed by atoms with Crippen molar-refractivity contribution in [3.63, 3.8) is 0 Å². The van der Waals surface area contributed by atoms with E-state index in [1.165, 1.54) is 5.56 Å². The van der Waals surface area contributed by atoms with Gasteiger partial charge >= 0.3 is 0 Å². The third kappa shape index (κ3) is 3.58. The molecule has 20 heavy (non-hydrogen) atoms. The van der Waals surface area contributed by atoms with Gasteiger partial charge in [-0.05, 0) is 31.0 Å². The maximum Gasteiger partial charge on any atom is 0.0957 e. The molecule has 0 amide bonds. The molecular weight excluding hydrogens is 248 g/mol. The summed E-state index contributed by atoms with van der Waals surface area (Å²) in [4.78, 5) is 6.64. The van der Waals surface area contributed by atoms with E-state index >= 15 is 0 Å². The monoisotopic (exact) mass is 270 g/mol. The number of anilines is 1. The van der Waals surface area contributed by atoms with Crippen LogP contribution in [0.4, 0.5) is 5.69 Å². The summed E-state index contributed by atoms with van der Waals surface area (Å²) in [6, 6.07) is 14.4. The van der Waals surface area contributed by atoms with Gasteiger partial charge in [0.1, 0.15) is 0 Å². The quantitative estimate of drug-likeness (QED) is 0.872. The highest BCUT2D eigenvalue weighted by molar-refractivity contribution is 5.45.